The van der Waals surface area contributed by atoms with E-state index in [1.807, 2.05) is 0 Å². The number of carbonyl (C=O) groups is 2. The summed E-state index contributed by atoms with van der Waals surface area (Å²) in [5, 5.41) is 10.8. The summed E-state index contributed by atoms with van der Waals surface area (Å²) in [5.41, 5.74) is 0.348. The Morgan fingerprint density at radius 3 is 2.69 bits per heavy atom. The van der Waals surface area contributed by atoms with Gasteiger partial charge < -0.3 is 10.1 Å². The lowest BCUT2D eigenvalue weighted by Gasteiger charge is -2.13. The Morgan fingerprint density at radius 2 is 2.19 bits per heavy atom. The molecule has 0 aliphatic rings. The maximum Gasteiger partial charge on any atom is 0.333 e. The first kappa shape index (κ1) is 14.2. The Kier molecular flexibility index (Phi) is 6.61. The van der Waals surface area contributed by atoms with E-state index in [2.05, 4.69) is 11.9 Å². The molecule has 0 aromatic rings. The molecule has 0 saturated carbocycles. The first-order valence-electron chi connectivity index (χ1n) is 4.97. The monoisotopic (exact) mass is 224 g/mol. The average Bonchev–Trinajstić information content (AvgIpc) is 2.17. The van der Waals surface area contributed by atoms with Crippen molar-refractivity contribution in [2.24, 2.45) is 0 Å². The molecule has 0 heterocycles. The predicted molar refractivity (Wildman–Crippen MR) is 58.2 cm³/mol. The Labute approximate surface area is 95.1 Å². The van der Waals surface area contributed by atoms with E-state index in [4.69, 9.17) is 10.00 Å². The van der Waals surface area contributed by atoms with Crippen LogP contribution in [0.2, 0.25) is 0 Å². The van der Waals surface area contributed by atoms with Crippen molar-refractivity contribution >= 4 is 11.9 Å². The van der Waals surface area contributed by atoms with E-state index in [0.29, 0.717) is 18.5 Å². The number of amides is 1. The Bertz CT molecular complexity index is 318. The molecule has 88 valence electrons. The summed E-state index contributed by atoms with van der Waals surface area (Å²) in [7, 11) is 0. The van der Waals surface area contributed by atoms with Crippen LogP contribution in [0.25, 0.3) is 0 Å². The van der Waals surface area contributed by atoms with Crippen LogP contribution in [0.3, 0.4) is 0 Å². The summed E-state index contributed by atoms with van der Waals surface area (Å²) < 4.78 is 5.00. The van der Waals surface area contributed by atoms with Crippen molar-refractivity contribution in [3.05, 3.63) is 12.2 Å². The molecule has 0 bridgehead atoms. The third-order valence-electron chi connectivity index (χ3n) is 1.77. The second-order valence-corrected chi connectivity index (χ2v) is 3.47. The first-order valence-corrected chi connectivity index (χ1v) is 4.97. The van der Waals surface area contributed by atoms with Crippen molar-refractivity contribution < 1.29 is 14.3 Å². The molecule has 5 nitrogen and oxygen atoms in total. The quantitative estimate of drug-likeness (QED) is 0.537. The zero-order valence-corrected chi connectivity index (χ0v) is 9.58. The van der Waals surface area contributed by atoms with Gasteiger partial charge in [-0.25, -0.2) is 4.79 Å². The van der Waals surface area contributed by atoms with Gasteiger partial charge in [0.1, 0.15) is 12.5 Å². The molecule has 0 aromatic heterocycles. The van der Waals surface area contributed by atoms with Crippen LogP contribution in [0.4, 0.5) is 0 Å². The van der Waals surface area contributed by atoms with Crippen LogP contribution < -0.4 is 5.32 Å². The summed E-state index contributed by atoms with van der Waals surface area (Å²) >= 11 is 0. The van der Waals surface area contributed by atoms with Gasteiger partial charge in [0.25, 0.3) is 0 Å². The standard InChI is InChI=1S/C11H16N2O3/c1-8(2)11(15)16-9(3)5-7-13-10(14)4-6-12/h9H,1,4-5,7H2,2-3H3,(H,13,14). The van der Waals surface area contributed by atoms with Gasteiger partial charge >= 0.3 is 5.97 Å². The fourth-order valence-corrected chi connectivity index (χ4v) is 0.891. The molecule has 1 unspecified atom stereocenters. The maximum atomic E-state index is 11.1. The Morgan fingerprint density at radius 1 is 1.56 bits per heavy atom. The molecule has 0 fully saturated rings. The minimum Gasteiger partial charge on any atom is -0.459 e. The van der Waals surface area contributed by atoms with Crippen molar-refractivity contribution in [3.8, 4) is 6.07 Å². The fraction of sp³-hybridized carbons (Fsp3) is 0.545. The number of esters is 1. The molecule has 5 heteroatoms. The van der Waals surface area contributed by atoms with Crippen molar-refractivity contribution in [3.63, 3.8) is 0 Å². The molecule has 1 N–H and O–H groups in total. The van der Waals surface area contributed by atoms with E-state index >= 15 is 0 Å². The number of nitrogens with zero attached hydrogens (tertiary/aromatic N) is 1. The largest absolute Gasteiger partial charge is 0.459 e. The zero-order valence-electron chi connectivity index (χ0n) is 9.58. The van der Waals surface area contributed by atoms with Crippen molar-refractivity contribution in [2.75, 3.05) is 6.54 Å². The van der Waals surface area contributed by atoms with Crippen LogP contribution in [0.5, 0.6) is 0 Å². The van der Waals surface area contributed by atoms with E-state index < -0.39 is 5.97 Å². The zero-order chi connectivity index (χ0) is 12.6. The lowest BCUT2D eigenvalue weighted by atomic mass is 10.2. The number of carbonyl (C=O) groups excluding carboxylic acids is 2. The topological polar surface area (TPSA) is 79.2 Å². The first-order chi connectivity index (χ1) is 7.47. The highest BCUT2D eigenvalue weighted by atomic mass is 16.5. The fourth-order valence-electron chi connectivity index (χ4n) is 0.891. The molecular weight excluding hydrogens is 208 g/mol. The summed E-state index contributed by atoms with van der Waals surface area (Å²) in [6, 6.07) is 1.74. The van der Waals surface area contributed by atoms with Crippen molar-refractivity contribution in [1.29, 1.82) is 5.26 Å². The van der Waals surface area contributed by atoms with Gasteiger partial charge in [-0.05, 0) is 13.8 Å². The summed E-state index contributed by atoms with van der Waals surface area (Å²) in [6.45, 7) is 7.15. The smallest absolute Gasteiger partial charge is 0.333 e. The van der Waals surface area contributed by atoms with Crippen molar-refractivity contribution in [1.82, 2.24) is 5.32 Å². The number of nitrogens with one attached hydrogen (secondary N) is 1. The Hall–Kier alpha value is -1.83. The number of hydrogen-bond donors (Lipinski definition) is 1. The highest BCUT2D eigenvalue weighted by Crippen LogP contribution is 2.01. The molecule has 0 radical (unpaired) electrons. The van der Waals surface area contributed by atoms with Crippen molar-refractivity contribution in [2.45, 2.75) is 32.8 Å². The Balaban J connectivity index is 3.70. The second-order valence-electron chi connectivity index (χ2n) is 3.47. The van der Waals surface area contributed by atoms with Gasteiger partial charge in [0.15, 0.2) is 0 Å². The lowest BCUT2D eigenvalue weighted by Crippen LogP contribution is -2.27. The van der Waals surface area contributed by atoms with Gasteiger partial charge in [-0.15, -0.1) is 0 Å². The molecule has 0 saturated heterocycles. The lowest BCUT2D eigenvalue weighted by molar-refractivity contribution is -0.143. The average molecular weight is 224 g/mol. The minimum absolute atomic E-state index is 0.153. The third kappa shape index (κ3) is 6.60. The van der Waals surface area contributed by atoms with E-state index in [-0.39, 0.29) is 18.4 Å². The van der Waals surface area contributed by atoms with E-state index in [9.17, 15) is 9.59 Å². The second kappa shape index (κ2) is 7.46. The van der Waals surface area contributed by atoms with Gasteiger partial charge in [0.2, 0.25) is 5.91 Å². The third-order valence-corrected chi connectivity index (χ3v) is 1.77. The molecule has 0 aliphatic carbocycles. The summed E-state index contributed by atoms with van der Waals surface area (Å²) in [5.74, 6) is -0.753. The number of ether oxygens (including phenoxy) is 1. The summed E-state index contributed by atoms with van der Waals surface area (Å²) in [4.78, 5) is 22.0. The molecular formula is C11H16N2O3. The van der Waals surface area contributed by atoms with Crippen LogP contribution in [-0.2, 0) is 14.3 Å². The van der Waals surface area contributed by atoms with Gasteiger partial charge in [0, 0.05) is 18.5 Å². The molecule has 0 spiro atoms. The van der Waals surface area contributed by atoms with Crippen LogP contribution in [-0.4, -0.2) is 24.5 Å². The van der Waals surface area contributed by atoms with Gasteiger partial charge in [-0.1, -0.05) is 6.58 Å². The SMILES string of the molecule is C=C(C)C(=O)OC(C)CCNC(=O)CC#N. The van der Waals surface area contributed by atoms with Crippen LogP contribution >= 0.6 is 0 Å². The minimum atomic E-state index is -0.434. The number of hydrogen-bond acceptors (Lipinski definition) is 4. The van der Waals surface area contributed by atoms with Gasteiger partial charge in [-0.2, -0.15) is 5.26 Å². The molecule has 16 heavy (non-hydrogen) atoms. The number of rotatable bonds is 6. The normalized spacial score (nSPS) is 11.1. The van der Waals surface area contributed by atoms with E-state index in [0.717, 1.165) is 0 Å². The molecule has 0 rings (SSSR count). The van der Waals surface area contributed by atoms with E-state index in [1.165, 1.54) is 0 Å². The summed E-state index contributed by atoms with van der Waals surface area (Å²) in [6.07, 6.45) is 0.0717. The molecule has 0 aromatic carbocycles. The number of nitriles is 1. The highest BCUT2D eigenvalue weighted by Gasteiger charge is 2.10. The molecule has 0 aliphatic heterocycles. The van der Waals surface area contributed by atoms with Crippen LogP contribution in [0, 0.1) is 11.3 Å². The van der Waals surface area contributed by atoms with Gasteiger partial charge in [0.05, 0.1) is 6.07 Å². The van der Waals surface area contributed by atoms with Crippen LogP contribution in [0.15, 0.2) is 12.2 Å². The molecule has 1 amide bonds. The molecule has 1 atom stereocenters. The highest BCUT2D eigenvalue weighted by molar-refractivity contribution is 5.87. The maximum absolute atomic E-state index is 11.1. The predicted octanol–water partition coefficient (Wildman–Crippen LogP) is 0.914. The van der Waals surface area contributed by atoms with E-state index in [1.54, 1.807) is 19.9 Å². The van der Waals surface area contributed by atoms with Crippen LogP contribution in [0.1, 0.15) is 26.7 Å². The van der Waals surface area contributed by atoms with Gasteiger partial charge in [-0.3, -0.25) is 4.79 Å².